The third-order valence-electron chi connectivity index (χ3n) is 3.27. The van der Waals surface area contributed by atoms with Gasteiger partial charge in [-0.15, -0.1) is 0 Å². The van der Waals surface area contributed by atoms with Crippen LogP contribution in [0.2, 0.25) is 5.02 Å². The average Bonchev–Trinajstić information content (AvgIpc) is 2.48. The molecule has 0 radical (unpaired) electrons. The van der Waals surface area contributed by atoms with Gasteiger partial charge >= 0.3 is 5.97 Å². The van der Waals surface area contributed by atoms with Crippen molar-refractivity contribution in [3.05, 3.63) is 28.3 Å². The number of sulfone groups is 1. The zero-order valence-electron chi connectivity index (χ0n) is 14.3. The molecule has 0 bridgehead atoms. The number of esters is 1. The number of hydrogen-bond donors (Lipinski definition) is 0. The maximum Gasteiger partial charge on any atom is 0.339 e. The molecular formula is C15H21ClN2O5S. The normalized spacial score (nSPS) is 12.0. The lowest BCUT2D eigenvalue weighted by Crippen LogP contribution is -2.25. The van der Waals surface area contributed by atoms with Crippen molar-refractivity contribution in [2.45, 2.75) is 25.3 Å². The molecule has 1 aromatic carbocycles. The molecule has 0 saturated heterocycles. The summed E-state index contributed by atoms with van der Waals surface area (Å²) in [7, 11) is -0.413. The predicted octanol–water partition coefficient (Wildman–Crippen LogP) is 2.33. The summed E-state index contributed by atoms with van der Waals surface area (Å²) in [6, 6.07) is 2.72. The van der Waals surface area contributed by atoms with Gasteiger partial charge in [-0.3, -0.25) is 0 Å². The Morgan fingerprint density at radius 1 is 1.38 bits per heavy atom. The fourth-order valence-electron chi connectivity index (χ4n) is 2.02. The SMILES string of the molecule is CCOC(=O)c1ccc(S(C)(=O)=O)c(CN(C)C(C)=NOC)c1Cl. The molecule has 0 atom stereocenters. The second kappa shape index (κ2) is 8.34. The van der Waals surface area contributed by atoms with Crippen LogP contribution in [-0.4, -0.2) is 52.1 Å². The maximum atomic E-state index is 12.0. The summed E-state index contributed by atoms with van der Waals surface area (Å²) in [6.45, 7) is 3.70. The second-order valence-electron chi connectivity index (χ2n) is 5.07. The topological polar surface area (TPSA) is 85.3 Å². The van der Waals surface area contributed by atoms with E-state index in [1.807, 2.05) is 0 Å². The lowest BCUT2D eigenvalue weighted by atomic mass is 10.1. The summed E-state index contributed by atoms with van der Waals surface area (Å²) in [5.41, 5.74) is 0.425. The van der Waals surface area contributed by atoms with Crippen molar-refractivity contribution in [1.82, 2.24) is 4.90 Å². The highest BCUT2D eigenvalue weighted by Gasteiger charge is 2.23. The predicted molar refractivity (Wildman–Crippen MR) is 92.1 cm³/mol. The van der Waals surface area contributed by atoms with Crippen LogP contribution in [0.1, 0.15) is 29.8 Å². The maximum absolute atomic E-state index is 12.0. The van der Waals surface area contributed by atoms with Crippen LogP contribution in [0.25, 0.3) is 0 Å². The fourth-order valence-corrected chi connectivity index (χ4v) is 3.31. The van der Waals surface area contributed by atoms with Gasteiger partial charge in [0.05, 0.1) is 22.1 Å². The van der Waals surface area contributed by atoms with Gasteiger partial charge in [-0.25, -0.2) is 13.2 Å². The molecule has 0 heterocycles. The van der Waals surface area contributed by atoms with Crippen LogP contribution in [0.3, 0.4) is 0 Å². The Labute approximate surface area is 147 Å². The van der Waals surface area contributed by atoms with Crippen molar-refractivity contribution in [1.29, 1.82) is 0 Å². The first-order valence-electron chi connectivity index (χ1n) is 7.10. The first kappa shape index (κ1) is 20.2. The summed E-state index contributed by atoms with van der Waals surface area (Å²) in [5, 5.41) is 3.84. The summed E-state index contributed by atoms with van der Waals surface area (Å²) >= 11 is 6.31. The van der Waals surface area contributed by atoms with E-state index in [0.29, 0.717) is 11.4 Å². The zero-order chi connectivity index (χ0) is 18.5. The van der Waals surface area contributed by atoms with Crippen LogP contribution in [0.5, 0.6) is 0 Å². The average molecular weight is 377 g/mol. The highest BCUT2D eigenvalue weighted by molar-refractivity contribution is 7.90. The molecule has 9 heteroatoms. The van der Waals surface area contributed by atoms with Gasteiger partial charge < -0.3 is 14.5 Å². The van der Waals surface area contributed by atoms with E-state index in [2.05, 4.69) is 5.16 Å². The van der Waals surface area contributed by atoms with Gasteiger partial charge in [0.25, 0.3) is 0 Å². The van der Waals surface area contributed by atoms with E-state index in [0.717, 1.165) is 6.26 Å². The Morgan fingerprint density at radius 3 is 2.50 bits per heavy atom. The van der Waals surface area contributed by atoms with Crippen LogP contribution < -0.4 is 0 Å². The van der Waals surface area contributed by atoms with Gasteiger partial charge in [-0.2, -0.15) is 0 Å². The molecule has 1 aromatic rings. The number of oxime groups is 1. The molecule has 0 saturated carbocycles. The fraction of sp³-hybridized carbons (Fsp3) is 0.467. The Balaban J connectivity index is 3.44. The van der Waals surface area contributed by atoms with Crippen LogP contribution in [0.4, 0.5) is 0 Å². The van der Waals surface area contributed by atoms with Crippen molar-refractivity contribution in [3.63, 3.8) is 0 Å². The lowest BCUT2D eigenvalue weighted by molar-refractivity contribution is 0.0526. The quantitative estimate of drug-likeness (QED) is 0.328. The summed E-state index contributed by atoms with van der Waals surface area (Å²) < 4.78 is 29.0. The molecule has 0 aliphatic rings. The minimum atomic E-state index is -3.53. The number of hydrogen-bond acceptors (Lipinski definition) is 6. The molecule has 0 aliphatic carbocycles. The van der Waals surface area contributed by atoms with Gasteiger partial charge in [0.15, 0.2) is 9.84 Å². The number of ether oxygens (including phenoxy) is 1. The summed E-state index contributed by atoms with van der Waals surface area (Å²) in [5.74, 6) is -0.0803. The molecule has 0 unspecified atom stereocenters. The van der Waals surface area contributed by atoms with Crippen molar-refractivity contribution in [2.24, 2.45) is 5.16 Å². The van der Waals surface area contributed by atoms with E-state index in [9.17, 15) is 13.2 Å². The standard InChI is InChI=1S/C15H21ClN2O5S/c1-6-23-15(19)11-7-8-13(24(5,20)21)12(14(11)16)9-18(3)10(2)17-22-4/h7-8H,6,9H2,1-5H3. The lowest BCUT2D eigenvalue weighted by Gasteiger charge is -2.21. The third kappa shape index (κ3) is 4.85. The Kier molecular flexibility index (Phi) is 7.04. The van der Waals surface area contributed by atoms with Crippen molar-refractivity contribution in [3.8, 4) is 0 Å². The summed E-state index contributed by atoms with van der Waals surface area (Å²) in [6.07, 6.45) is 1.09. The van der Waals surface area contributed by atoms with E-state index in [4.69, 9.17) is 21.2 Å². The van der Waals surface area contributed by atoms with Gasteiger partial charge in [0, 0.05) is 25.4 Å². The largest absolute Gasteiger partial charge is 0.462 e. The Morgan fingerprint density at radius 2 is 2.00 bits per heavy atom. The van der Waals surface area contributed by atoms with Crippen molar-refractivity contribution in [2.75, 3.05) is 27.0 Å². The van der Waals surface area contributed by atoms with E-state index in [-0.39, 0.29) is 28.6 Å². The number of halogens is 1. The molecule has 7 nitrogen and oxygen atoms in total. The number of benzene rings is 1. The van der Waals surface area contributed by atoms with Gasteiger partial charge in [0.1, 0.15) is 12.9 Å². The molecule has 0 aliphatic heterocycles. The Hall–Kier alpha value is -1.80. The number of carbonyl (C=O) groups is 1. The molecule has 0 fully saturated rings. The molecule has 0 amide bonds. The first-order chi connectivity index (χ1) is 11.1. The molecule has 0 N–H and O–H groups in total. The van der Waals surface area contributed by atoms with Crippen LogP contribution in [0, 0.1) is 0 Å². The van der Waals surface area contributed by atoms with Crippen molar-refractivity contribution >= 4 is 33.2 Å². The zero-order valence-corrected chi connectivity index (χ0v) is 15.9. The molecule has 1 rings (SSSR count). The molecule has 24 heavy (non-hydrogen) atoms. The Bertz CT molecular complexity index is 746. The highest BCUT2D eigenvalue weighted by Crippen LogP contribution is 2.29. The first-order valence-corrected chi connectivity index (χ1v) is 9.37. The monoisotopic (exact) mass is 376 g/mol. The van der Waals surface area contributed by atoms with Crippen LogP contribution >= 0.6 is 11.6 Å². The van der Waals surface area contributed by atoms with Crippen LogP contribution in [-0.2, 0) is 26.0 Å². The van der Waals surface area contributed by atoms with Gasteiger partial charge in [-0.05, 0) is 26.0 Å². The minimum absolute atomic E-state index is 0.0495. The molecular weight excluding hydrogens is 356 g/mol. The van der Waals surface area contributed by atoms with Crippen LogP contribution in [0.15, 0.2) is 22.2 Å². The second-order valence-corrected chi connectivity index (χ2v) is 7.44. The van der Waals surface area contributed by atoms with E-state index < -0.39 is 15.8 Å². The molecule has 134 valence electrons. The number of amidine groups is 1. The number of carbonyl (C=O) groups excluding carboxylic acids is 1. The smallest absolute Gasteiger partial charge is 0.339 e. The van der Waals surface area contributed by atoms with Crippen molar-refractivity contribution < 1.29 is 22.8 Å². The van der Waals surface area contributed by atoms with E-state index in [1.165, 1.54) is 19.2 Å². The highest BCUT2D eigenvalue weighted by atomic mass is 35.5. The summed E-state index contributed by atoms with van der Waals surface area (Å²) in [4.78, 5) is 18.4. The van der Waals surface area contributed by atoms with E-state index in [1.54, 1.807) is 25.8 Å². The minimum Gasteiger partial charge on any atom is -0.462 e. The molecule has 0 spiro atoms. The third-order valence-corrected chi connectivity index (χ3v) is 4.88. The van der Waals surface area contributed by atoms with Gasteiger partial charge in [-0.1, -0.05) is 16.8 Å². The number of nitrogens with zero attached hydrogens (tertiary/aromatic N) is 2. The van der Waals surface area contributed by atoms with E-state index >= 15 is 0 Å². The van der Waals surface area contributed by atoms with Gasteiger partial charge in [0.2, 0.25) is 0 Å². The number of rotatable bonds is 6. The molecule has 0 aromatic heterocycles.